The molecule has 1 aliphatic rings. The number of likely N-dealkylation sites (tertiary alicyclic amines) is 1. The molecule has 0 spiro atoms. The second-order valence-electron chi connectivity index (χ2n) is 6.76. The van der Waals surface area contributed by atoms with Crippen LogP contribution in [0.4, 0.5) is 0 Å². The van der Waals surface area contributed by atoms with Crippen molar-refractivity contribution < 1.29 is 18.3 Å². The molecule has 29 heavy (non-hydrogen) atoms. The molecule has 1 N–H and O–H groups in total. The van der Waals surface area contributed by atoms with Gasteiger partial charge in [0.15, 0.2) is 11.4 Å². The number of likely N-dealkylation sites (N-methyl/N-ethyl adjacent to an activating group) is 1. The van der Waals surface area contributed by atoms with E-state index in [-0.39, 0.29) is 17.3 Å². The smallest absolute Gasteiger partial charge is 0.260 e. The van der Waals surface area contributed by atoms with Crippen molar-refractivity contribution in [3.63, 3.8) is 0 Å². The fraction of sp³-hybridized carbons (Fsp3) is 0.294. The third kappa shape index (κ3) is 3.36. The number of carbonyl (C=O) groups excluding carboxylic acids is 1. The number of sulfone groups is 1. The van der Waals surface area contributed by atoms with Gasteiger partial charge in [0.1, 0.15) is 5.69 Å². The van der Waals surface area contributed by atoms with Gasteiger partial charge in [-0.25, -0.2) is 28.1 Å². The Labute approximate surface area is 166 Å². The lowest BCUT2D eigenvalue weighted by atomic mass is 9.99. The molecule has 0 radical (unpaired) electrons. The second-order valence-corrected chi connectivity index (χ2v) is 8.67. The molecule has 1 unspecified atom stereocenters. The highest BCUT2D eigenvalue weighted by Gasteiger charge is 2.47. The number of aliphatic hydroxyl groups is 1. The number of aromatic nitrogens is 6. The SMILES string of the molecule is CN1CCC(O)(c2cn(-c3cccc(-c4ccnc(S(C)(=O)=O)n4)n3)nn2)C1=O. The Morgan fingerprint density at radius 3 is 2.62 bits per heavy atom. The first-order valence-corrected chi connectivity index (χ1v) is 10.5. The van der Waals surface area contributed by atoms with E-state index in [0.717, 1.165) is 6.26 Å². The first-order chi connectivity index (χ1) is 13.7. The summed E-state index contributed by atoms with van der Waals surface area (Å²) in [5.74, 6) is -0.0660. The van der Waals surface area contributed by atoms with Crippen LogP contribution in [0.3, 0.4) is 0 Å². The Balaban J connectivity index is 1.69. The fourth-order valence-electron chi connectivity index (χ4n) is 3.01. The average Bonchev–Trinajstić information content (AvgIpc) is 3.30. The molecule has 3 aromatic heterocycles. The first kappa shape index (κ1) is 19.1. The van der Waals surface area contributed by atoms with Gasteiger partial charge in [-0.2, -0.15) is 0 Å². The maximum absolute atomic E-state index is 12.2. The van der Waals surface area contributed by atoms with Crippen LogP contribution in [0.1, 0.15) is 12.1 Å². The number of hydrogen-bond acceptors (Lipinski definition) is 9. The zero-order valence-corrected chi connectivity index (χ0v) is 16.4. The molecule has 0 aromatic carbocycles. The van der Waals surface area contributed by atoms with E-state index in [4.69, 9.17) is 0 Å². The number of nitrogens with zero attached hydrogens (tertiary/aromatic N) is 7. The van der Waals surface area contributed by atoms with E-state index in [2.05, 4.69) is 25.3 Å². The van der Waals surface area contributed by atoms with E-state index in [1.54, 1.807) is 31.3 Å². The van der Waals surface area contributed by atoms with Crippen LogP contribution >= 0.6 is 0 Å². The summed E-state index contributed by atoms with van der Waals surface area (Å²) in [4.78, 5) is 25.9. The normalized spacial score (nSPS) is 19.7. The van der Waals surface area contributed by atoms with Crippen molar-refractivity contribution >= 4 is 15.7 Å². The van der Waals surface area contributed by atoms with Gasteiger partial charge in [0.05, 0.1) is 17.6 Å². The molecule has 1 saturated heterocycles. The van der Waals surface area contributed by atoms with Crippen molar-refractivity contribution in [1.29, 1.82) is 0 Å². The molecule has 1 fully saturated rings. The van der Waals surface area contributed by atoms with Gasteiger partial charge in [-0.3, -0.25) is 4.79 Å². The van der Waals surface area contributed by atoms with Crippen molar-refractivity contribution in [3.8, 4) is 17.2 Å². The van der Waals surface area contributed by atoms with Gasteiger partial charge in [-0.15, -0.1) is 5.10 Å². The fourth-order valence-corrected chi connectivity index (χ4v) is 3.53. The summed E-state index contributed by atoms with van der Waals surface area (Å²) in [7, 11) is -1.95. The molecule has 4 rings (SSSR count). The first-order valence-electron chi connectivity index (χ1n) is 8.60. The summed E-state index contributed by atoms with van der Waals surface area (Å²) in [5.41, 5.74) is -0.835. The maximum atomic E-state index is 12.2. The molecule has 3 aromatic rings. The van der Waals surface area contributed by atoms with Crippen molar-refractivity contribution in [2.45, 2.75) is 17.2 Å². The van der Waals surface area contributed by atoms with E-state index in [1.165, 1.54) is 22.0 Å². The molecule has 0 aliphatic carbocycles. The summed E-state index contributed by atoms with van der Waals surface area (Å²) in [6.45, 7) is 0.423. The lowest BCUT2D eigenvalue weighted by Gasteiger charge is -2.17. The number of rotatable bonds is 4. The van der Waals surface area contributed by atoms with Gasteiger partial charge in [0.25, 0.3) is 5.91 Å². The van der Waals surface area contributed by atoms with Crippen molar-refractivity contribution in [2.75, 3.05) is 19.8 Å². The minimum atomic E-state index is -3.56. The Hall–Kier alpha value is -3.25. The topological polar surface area (TPSA) is 144 Å². The lowest BCUT2D eigenvalue weighted by Crippen LogP contribution is -2.36. The lowest BCUT2D eigenvalue weighted by molar-refractivity contribution is -0.143. The van der Waals surface area contributed by atoms with E-state index < -0.39 is 21.3 Å². The van der Waals surface area contributed by atoms with Gasteiger partial charge in [-0.05, 0) is 18.2 Å². The largest absolute Gasteiger partial charge is 0.374 e. The highest BCUT2D eigenvalue weighted by Crippen LogP contribution is 2.31. The molecular weight excluding hydrogens is 398 g/mol. The number of pyridine rings is 1. The van der Waals surface area contributed by atoms with Gasteiger partial charge >= 0.3 is 0 Å². The minimum Gasteiger partial charge on any atom is -0.374 e. The maximum Gasteiger partial charge on any atom is 0.260 e. The summed E-state index contributed by atoms with van der Waals surface area (Å²) >= 11 is 0. The Kier molecular flexibility index (Phi) is 4.39. The van der Waals surface area contributed by atoms with E-state index >= 15 is 0 Å². The monoisotopic (exact) mass is 415 g/mol. The van der Waals surface area contributed by atoms with Gasteiger partial charge in [-0.1, -0.05) is 11.3 Å². The predicted octanol–water partition coefficient (Wildman–Crippen LogP) is -0.428. The standard InChI is InChI=1S/C17H17N7O4S/c1-23-9-7-17(26,15(23)25)13-10-24(22-21-13)14-5-3-4-11(19-14)12-6-8-18-16(20-12)29(2,27)28/h3-6,8,10,26H,7,9H2,1-2H3. The number of amides is 1. The molecule has 1 amide bonds. The molecule has 11 nitrogen and oxygen atoms in total. The average molecular weight is 415 g/mol. The Bertz CT molecular complexity index is 1210. The summed E-state index contributed by atoms with van der Waals surface area (Å²) in [5, 5.41) is 18.3. The van der Waals surface area contributed by atoms with Crippen LogP contribution in [0.25, 0.3) is 17.2 Å². The predicted molar refractivity (Wildman–Crippen MR) is 99.4 cm³/mol. The minimum absolute atomic E-state index is 0.139. The quantitative estimate of drug-likeness (QED) is 0.561. The van der Waals surface area contributed by atoms with Crippen LogP contribution in [0.15, 0.2) is 41.8 Å². The second kappa shape index (κ2) is 6.67. The Morgan fingerprint density at radius 1 is 1.17 bits per heavy atom. The van der Waals surface area contributed by atoms with Crippen LogP contribution in [-0.2, 0) is 20.2 Å². The van der Waals surface area contributed by atoms with Gasteiger partial charge in [0.2, 0.25) is 15.0 Å². The van der Waals surface area contributed by atoms with Crippen molar-refractivity contribution in [1.82, 2.24) is 34.8 Å². The summed E-state index contributed by atoms with van der Waals surface area (Å²) < 4.78 is 24.7. The highest BCUT2D eigenvalue weighted by atomic mass is 32.2. The molecule has 0 saturated carbocycles. The molecule has 1 aliphatic heterocycles. The zero-order valence-electron chi connectivity index (χ0n) is 15.6. The van der Waals surface area contributed by atoms with Crippen LogP contribution in [0.5, 0.6) is 0 Å². The summed E-state index contributed by atoms with van der Waals surface area (Å²) in [6.07, 6.45) is 4.05. The summed E-state index contributed by atoms with van der Waals surface area (Å²) in [6, 6.07) is 6.57. The third-order valence-electron chi connectivity index (χ3n) is 4.62. The van der Waals surface area contributed by atoms with Crippen LogP contribution in [0, 0.1) is 0 Å². The van der Waals surface area contributed by atoms with Crippen LogP contribution in [-0.4, -0.2) is 74.1 Å². The van der Waals surface area contributed by atoms with E-state index in [9.17, 15) is 18.3 Å². The molecule has 12 heteroatoms. The van der Waals surface area contributed by atoms with E-state index in [1.807, 2.05) is 0 Å². The third-order valence-corrected chi connectivity index (χ3v) is 5.48. The Morgan fingerprint density at radius 2 is 1.93 bits per heavy atom. The van der Waals surface area contributed by atoms with Gasteiger partial charge < -0.3 is 10.0 Å². The van der Waals surface area contributed by atoms with Gasteiger partial charge in [0, 0.05) is 32.5 Å². The van der Waals surface area contributed by atoms with Crippen molar-refractivity contribution in [2.24, 2.45) is 0 Å². The number of hydrogen-bond donors (Lipinski definition) is 1. The molecule has 0 bridgehead atoms. The molecule has 150 valence electrons. The molecule has 4 heterocycles. The van der Waals surface area contributed by atoms with Crippen molar-refractivity contribution in [3.05, 3.63) is 42.4 Å². The van der Waals surface area contributed by atoms with Crippen LogP contribution in [0.2, 0.25) is 0 Å². The molecular formula is C17H17N7O4S. The highest BCUT2D eigenvalue weighted by molar-refractivity contribution is 7.90. The zero-order chi connectivity index (χ0) is 20.8. The van der Waals surface area contributed by atoms with Crippen LogP contribution < -0.4 is 0 Å². The van der Waals surface area contributed by atoms with E-state index in [0.29, 0.717) is 23.8 Å². The number of carbonyl (C=O) groups is 1. The molecule has 1 atom stereocenters.